The van der Waals surface area contributed by atoms with Gasteiger partial charge in [0.25, 0.3) is 0 Å². The standard InChI is InChI=1S/C19H20BrFN2O2/c1-13(24)23-18(15-5-3-2-4-6-15)12-19(25)22-10-9-14-7-8-17(21)16(20)11-14/h2-8,11,18H,9-10,12H2,1H3,(H,22,25)(H,23,24). The molecule has 0 fully saturated rings. The van der Waals surface area contributed by atoms with Crippen LogP contribution in [0.2, 0.25) is 0 Å². The molecule has 0 radical (unpaired) electrons. The highest BCUT2D eigenvalue weighted by atomic mass is 79.9. The normalized spacial score (nSPS) is 11.6. The van der Waals surface area contributed by atoms with Gasteiger partial charge in [0.2, 0.25) is 11.8 Å². The molecule has 2 N–H and O–H groups in total. The summed E-state index contributed by atoms with van der Waals surface area (Å²) in [4.78, 5) is 23.6. The van der Waals surface area contributed by atoms with E-state index in [1.807, 2.05) is 30.3 Å². The summed E-state index contributed by atoms with van der Waals surface area (Å²) in [6.07, 6.45) is 0.761. The number of hydrogen-bond acceptors (Lipinski definition) is 2. The van der Waals surface area contributed by atoms with Gasteiger partial charge in [-0.3, -0.25) is 9.59 Å². The average Bonchev–Trinajstić information content (AvgIpc) is 2.58. The highest BCUT2D eigenvalue weighted by Crippen LogP contribution is 2.18. The molecular formula is C19H20BrFN2O2. The monoisotopic (exact) mass is 406 g/mol. The maximum Gasteiger partial charge on any atom is 0.222 e. The number of halogens is 2. The molecule has 4 nitrogen and oxygen atoms in total. The molecule has 0 aliphatic carbocycles. The molecule has 1 atom stereocenters. The van der Waals surface area contributed by atoms with Crippen molar-refractivity contribution in [2.24, 2.45) is 0 Å². The van der Waals surface area contributed by atoms with Crippen molar-refractivity contribution < 1.29 is 14.0 Å². The molecule has 2 amide bonds. The van der Waals surface area contributed by atoms with Gasteiger partial charge in [-0.1, -0.05) is 36.4 Å². The number of nitrogens with one attached hydrogen (secondary N) is 2. The van der Waals surface area contributed by atoms with E-state index in [0.717, 1.165) is 11.1 Å². The quantitative estimate of drug-likeness (QED) is 0.738. The molecular weight excluding hydrogens is 387 g/mol. The number of carbonyl (C=O) groups is 2. The van der Waals surface area contributed by atoms with Gasteiger partial charge in [-0.15, -0.1) is 0 Å². The van der Waals surface area contributed by atoms with Gasteiger partial charge >= 0.3 is 0 Å². The van der Waals surface area contributed by atoms with Crippen molar-refractivity contribution in [2.75, 3.05) is 6.54 Å². The summed E-state index contributed by atoms with van der Waals surface area (Å²) in [5, 5.41) is 5.64. The van der Waals surface area contributed by atoms with Crippen LogP contribution in [0.15, 0.2) is 53.0 Å². The van der Waals surface area contributed by atoms with Gasteiger partial charge in [0.05, 0.1) is 16.9 Å². The minimum absolute atomic E-state index is 0.149. The van der Waals surface area contributed by atoms with Crippen molar-refractivity contribution in [3.05, 3.63) is 69.9 Å². The Morgan fingerprint density at radius 2 is 1.88 bits per heavy atom. The first kappa shape index (κ1) is 19.1. The first-order chi connectivity index (χ1) is 12.0. The maximum atomic E-state index is 13.2. The van der Waals surface area contributed by atoms with Gasteiger partial charge in [-0.25, -0.2) is 4.39 Å². The molecule has 0 aliphatic rings. The molecule has 6 heteroatoms. The first-order valence-corrected chi connectivity index (χ1v) is 8.77. The van der Waals surface area contributed by atoms with Gasteiger partial charge in [0, 0.05) is 13.5 Å². The Morgan fingerprint density at radius 3 is 2.52 bits per heavy atom. The van der Waals surface area contributed by atoms with E-state index in [2.05, 4.69) is 26.6 Å². The van der Waals surface area contributed by atoms with E-state index in [1.165, 1.54) is 13.0 Å². The SMILES string of the molecule is CC(=O)NC(CC(=O)NCCc1ccc(F)c(Br)c1)c1ccccc1. The van der Waals surface area contributed by atoms with Crippen LogP contribution in [0.3, 0.4) is 0 Å². The van der Waals surface area contributed by atoms with Crippen LogP contribution in [-0.2, 0) is 16.0 Å². The van der Waals surface area contributed by atoms with Crippen LogP contribution in [-0.4, -0.2) is 18.4 Å². The Hall–Kier alpha value is -2.21. The highest BCUT2D eigenvalue weighted by Gasteiger charge is 2.16. The Bertz CT molecular complexity index is 737. The van der Waals surface area contributed by atoms with E-state index in [1.54, 1.807) is 12.1 Å². The lowest BCUT2D eigenvalue weighted by Crippen LogP contribution is -2.33. The van der Waals surface area contributed by atoms with E-state index >= 15 is 0 Å². The summed E-state index contributed by atoms with van der Waals surface area (Å²) in [5.41, 5.74) is 1.81. The zero-order valence-corrected chi connectivity index (χ0v) is 15.5. The molecule has 0 aliphatic heterocycles. The topological polar surface area (TPSA) is 58.2 Å². The van der Waals surface area contributed by atoms with Crippen LogP contribution in [0.4, 0.5) is 4.39 Å². The van der Waals surface area contributed by atoms with Crippen LogP contribution in [0.25, 0.3) is 0 Å². The van der Waals surface area contributed by atoms with Crippen molar-refractivity contribution >= 4 is 27.7 Å². The lowest BCUT2D eigenvalue weighted by atomic mass is 10.0. The van der Waals surface area contributed by atoms with Crippen LogP contribution in [0, 0.1) is 5.82 Å². The molecule has 0 bridgehead atoms. The lowest BCUT2D eigenvalue weighted by molar-refractivity contribution is -0.122. The molecule has 0 spiro atoms. The van der Waals surface area contributed by atoms with Gasteiger partial charge in [-0.2, -0.15) is 0 Å². The van der Waals surface area contributed by atoms with Crippen LogP contribution in [0.1, 0.15) is 30.5 Å². The summed E-state index contributed by atoms with van der Waals surface area (Å²) < 4.78 is 13.6. The number of amides is 2. The summed E-state index contributed by atoms with van der Waals surface area (Å²) in [7, 11) is 0. The second kappa shape index (κ2) is 9.32. The zero-order valence-electron chi connectivity index (χ0n) is 13.9. The molecule has 1 unspecified atom stereocenters. The van der Waals surface area contributed by atoms with Gasteiger partial charge in [0.1, 0.15) is 5.82 Å². The molecule has 2 aromatic rings. The second-order valence-electron chi connectivity index (χ2n) is 5.72. The van der Waals surface area contributed by atoms with Crippen molar-refractivity contribution in [2.45, 2.75) is 25.8 Å². The molecule has 2 aromatic carbocycles. The summed E-state index contributed by atoms with van der Waals surface area (Å²) >= 11 is 3.15. The fourth-order valence-corrected chi connectivity index (χ4v) is 2.91. The number of rotatable bonds is 7. The summed E-state index contributed by atoms with van der Waals surface area (Å²) in [6, 6.07) is 13.8. The third kappa shape index (κ3) is 6.31. The predicted octanol–water partition coefficient (Wildman–Crippen LogP) is 3.51. The molecule has 25 heavy (non-hydrogen) atoms. The third-order valence-electron chi connectivity index (χ3n) is 3.69. The van der Waals surface area contributed by atoms with E-state index in [9.17, 15) is 14.0 Å². The molecule has 132 valence electrons. The Morgan fingerprint density at radius 1 is 1.16 bits per heavy atom. The third-order valence-corrected chi connectivity index (χ3v) is 4.30. The lowest BCUT2D eigenvalue weighted by Gasteiger charge is -2.18. The van der Waals surface area contributed by atoms with Gasteiger partial charge < -0.3 is 10.6 Å². The van der Waals surface area contributed by atoms with Crippen molar-refractivity contribution in [3.8, 4) is 0 Å². The maximum absolute atomic E-state index is 13.2. The van der Waals surface area contributed by atoms with E-state index in [0.29, 0.717) is 17.4 Å². The molecule has 0 heterocycles. The largest absolute Gasteiger partial charge is 0.356 e. The zero-order chi connectivity index (χ0) is 18.2. The van der Waals surface area contributed by atoms with Crippen molar-refractivity contribution in [1.82, 2.24) is 10.6 Å². The van der Waals surface area contributed by atoms with Crippen LogP contribution in [0.5, 0.6) is 0 Å². The minimum Gasteiger partial charge on any atom is -0.356 e. The fraction of sp³-hybridized carbons (Fsp3) is 0.263. The first-order valence-electron chi connectivity index (χ1n) is 7.98. The fourth-order valence-electron chi connectivity index (χ4n) is 2.48. The number of benzene rings is 2. The molecule has 0 aromatic heterocycles. The smallest absolute Gasteiger partial charge is 0.222 e. The van der Waals surface area contributed by atoms with Crippen LogP contribution >= 0.6 is 15.9 Å². The molecule has 0 saturated heterocycles. The van der Waals surface area contributed by atoms with E-state index < -0.39 is 0 Å². The van der Waals surface area contributed by atoms with Crippen molar-refractivity contribution in [3.63, 3.8) is 0 Å². The summed E-state index contributed by atoms with van der Waals surface area (Å²) in [6.45, 7) is 1.87. The Kier molecular flexibility index (Phi) is 7.13. The summed E-state index contributed by atoms with van der Waals surface area (Å²) in [5.74, 6) is -0.643. The van der Waals surface area contributed by atoms with Crippen LogP contribution < -0.4 is 10.6 Å². The molecule has 0 saturated carbocycles. The van der Waals surface area contributed by atoms with Gasteiger partial charge in [-0.05, 0) is 45.6 Å². The predicted molar refractivity (Wildman–Crippen MR) is 98.4 cm³/mol. The second-order valence-corrected chi connectivity index (χ2v) is 6.57. The Balaban J connectivity index is 1.88. The Labute approximate surface area is 154 Å². The molecule has 2 rings (SSSR count). The minimum atomic E-state index is -0.362. The van der Waals surface area contributed by atoms with Crippen molar-refractivity contribution in [1.29, 1.82) is 0 Å². The number of hydrogen-bond donors (Lipinski definition) is 2. The van der Waals surface area contributed by atoms with E-state index in [4.69, 9.17) is 0 Å². The average molecular weight is 407 g/mol. The van der Waals surface area contributed by atoms with Gasteiger partial charge in [0.15, 0.2) is 0 Å². The highest BCUT2D eigenvalue weighted by molar-refractivity contribution is 9.10. The van der Waals surface area contributed by atoms with E-state index in [-0.39, 0.29) is 30.1 Å². The number of carbonyl (C=O) groups excluding carboxylic acids is 2.